The quantitative estimate of drug-likeness (QED) is 0.407. The maximum absolute atomic E-state index is 13.0. The molecule has 0 bridgehead atoms. The second-order valence-electron chi connectivity index (χ2n) is 8.09. The molecule has 1 amide bonds. The Morgan fingerprint density at radius 2 is 1.88 bits per heavy atom. The fourth-order valence-electron chi connectivity index (χ4n) is 3.62. The fourth-order valence-corrected chi connectivity index (χ4v) is 3.62. The van der Waals surface area contributed by atoms with E-state index in [0.717, 1.165) is 44.4 Å². The Labute approximate surface area is 196 Å². The number of rotatable bonds is 3. The van der Waals surface area contributed by atoms with Crippen LogP contribution in [0.15, 0.2) is 61.2 Å². The summed E-state index contributed by atoms with van der Waals surface area (Å²) in [7, 11) is 3.86. The van der Waals surface area contributed by atoms with E-state index in [9.17, 15) is 4.79 Å². The van der Waals surface area contributed by atoms with Crippen molar-refractivity contribution in [3.05, 3.63) is 83.4 Å². The summed E-state index contributed by atoms with van der Waals surface area (Å²) < 4.78 is 0. The van der Waals surface area contributed by atoms with Crippen LogP contribution in [0.4, 0.5) is 11.5 Å². The van der Waals surface area contributed by atoms with Crippen molar-refractivity contribution in [3.63, 3.8) is 0 Å². The zero-order chi connectivity index (χ0) is 23.7. The highest BCUT2D eigenvalue weighted by Gasteiger charge is 2.11. The van der Waals surface area contributed by atoms with Crippen LogP contribution in [0, 0.1) is 18.8 Å². The molecule has 0 aliphatic rings. The third kappa shape index (κ3) is 4.14. The molecule has 0 fully saturated rings. The second-order valence-corrected chi connectivity index (χ2v) is 8.09. The van der Waals surface area contributed by atoms with Crippen molar-refractivity contribution in [2.24, 2.45) is 0 Å². The lowest BCUT2D eigenvalue weighted by Crippen LogP contribution is -2.13. The number of H-pyrrole nitrogens is 1. The molecule has 0 aliphatic carbocycles. The first-order chi connectivity index (χ1) is 16.5. The maximum Gasteiger partial charge on any atom is 0.255 e. The molecule has 0 aliphatic heterocycles. The Balaban J connectivity index is 1.39. The number of amides is 1. The molecule has 5 rings (SSSR count). The van der Waals surface area contributed by atoms with Gasteiger partial charge in [0.15, 0.2) is 5.65 Å². The first-order valence-electron chi connectivity index (χ1n) is 10.6. The number of hydrogen-bond donors (Lipinski definition) is 2. The van der Waals surface area contributed by atoms with Crippen molar-refractivity contribution in [3.8, 4) is 11.8 Å². The first-order valence-corrected chi connectivity index (χ1v) is 10.6. The average molecular weight is 448 g/mol. The molecule has 8 nitrogen and oxygen atoms in total. The van der Waals surface area contributed by atoms with E-state index < -0.39 is 0 Å². The highest BCUT2D eigenvalue weighted by molar-refractivity contribution is 6.05. The number of carbonyl (C=O) groups excluding carboxylic acids is 1. The summed E-state index contributed by atoms with van der Waals surface area (Å²) in [6.07, 6.45) is 4.93. The van der Waals surface area contributed by atoms with Gasteiger partial charge in [0.25, 0.3) is 5.91 Å². The second kappa shape index (κ2) is 8.64. The number of anilines is 2. The van der Waals surface area contributed by atoms with Crippen LogP contribution in [-0.4, -0.2) is 45.2 Å². The van der Waals surface area contributed by atoms with Crippen LogP contribution >= 0.6 is 0 Å². The topological polar surface area (TPSA) is 99.7 Å². The molecule has 8 heteroatoms. The number of aromatic nitrogens is 5. The molecule has 0 radical (unpaired) electrons. The van der Waals surface area contributed by atoms with E-state index in [2.05, 4.69) is 42.3 Å². The molecule has 3 heterocycles. The van der Waals surface area contributed by atoms with E-state index in [1.165, 1.54) is 6.33 Å². The van der Waals surface area contributed by atoms with Gasteiger partial charge in [-0.1, -0.05) is 17.9 Å². The van der Waals surface area contributed by atoms with Crippen LogP contribution in [0.1, 0.15) is 27.0 Å². The lowest BCUT2D eigenvalue weighted by molar-refractivity contribution is 0.102. The number of aromatic amines is 1. The van der Waals surface area contributed by atoms with Crippen molar-refractivity contribution in [2.75, 3.05) is 24.3 Å². The molecule has 0 saturated carbocycles. The molecule has 0 unspecified atom stereocenters. The molecule has 0 spiro atoms. The molecule has 0 saturated heterocycles. The Kier molecular flexibility index (Phi) is 5.36. The minimum absolute atomic E-state index is 0.217. The molecule has 166 valence electrons. The van der Waals surface area contributed by atoms with E-state index in [-0.39, 0.29) is 5.91 Å². The molecule has 3 aromatic heterocycles. The first kappa shape index (κ1) is 21.1. The standard InChI is InChI=1S/C26H21N7O/c1-16-4-6-19(11-18(16)7-5-17-10-20-14-30-32-24(20)27-13-17)26(34)31-21-8-9-22-23(12-21)28-15-29-25(22)33(2)3/h4,6,8-15H,1-3H3,(H,31,34)(H,27,30,32). The van der Waals surface area contributed by atoms with Gasteiger partial charge >= 0.3 is 0 Å². The van der Waals surface area contributed by atoms with Gasteiger partial charge in [0.05, 0.1) is 11.7 Å². The number of hydrogen-bond acceptors (Lipinski definition) is 6. The van der Waals surface area contributed by atoms with Gasteiger partial charge in [-0.15, -0.1) is 0 Å². The van der Waals surface area contributed by atoms with Crippen molar-refractivity contribution in [1.82, 2.24) is 25.1 Å². The molecule has 2 aromatic carbocycles. The zero-order valence-electron chi connectivity index (χ0n) is 18.9. The number of fused-ring (bicyclic) bond motifs is 2. The van der Waals surface area contributed by atoms with Crippen LogP contribution < -0.4 is 10.2 Å². The minimum atomic E-state index is -0.217. The Bertz CT molecular complexity index is 1610. The Morgan fingerprint density at radius 1 is 1.00 bits per heavy atom. The Morgan fingerprint density at radius 3 is 2.74 bits per heavy atom. The zero-order valence-corrected chi connectivity index (χ0v) is 18.9. The fraction of sp³-hybridized carbons (Fsp3) is 0.115. The monoisotopic (exact) mass is 447 g/mol. The van der Waals surface area contributed by atoms with Crippen molar-refractivity contribution in [2.45, 2.75) is 6.92 Å². The van der Waals surface area contributed by atoms with Crippen LogP contribution in [0.25, 0.3) is 21.9 Å². The van der Waals surface area contributed by atoms with Crippen LogP contribution in [0.5, 0.6) is 0 Å². The third-order valence-corrected chi connectivity index (χ3v) is 5.43. The molecule has 5 aromatic rings. The van der Waals surface area contributed by atoms with Gasteiger partial charge in [-0.05, 0) is 48.9 Å². The van der Waals surface area contributed by atoms with E-state index in [1.807, 2.05) is 56.3 Å². The number of benzene rings is 2. The third-order valence-electron chi connectivity index (χ3n) is 5.43. The predicted octanol–water partition coefficient (Wildman–Crippen LogP) is 3.93. The van der Waals surface area contributed by atoms with Gasteiger partial charge in [0.2, 0.25) is 0 Å². The van der Waals surface area contributed by atoms with Crippen LogP contribution in [0.2, 0.25) is 0 Å². The predicted molar refractivity (Wildman–Crippen MR) is 133 cm³/mol. The number of nitrogens with zero attached hydrogens (tertiary/aromatic N) is 5. The lowest BCUT2D eigenvalue weighted by Gasteiger charge is -2.14. The summed E-state index contributed by atoms with van der Waals surface area (Å²) in [5.41, 5.74) is 5.21. The largest absolute Gasteiger partial charge is 0.362 e. The summed E-state index contributed by atoms with van der Waals surface area (Å²) in [4.78, 5) is 27.9. The summed E-state index contributed by atoms with van der Waals surface area (Å²) in [6, 6.07) is 13.0. The normalized spacial score (nSPS) is 10.7. The summed E-state index contributed by atoms with van der Waals surface area (Å²) in [5.74, 6) is 6.90. The van der Waals surface area contributed by atoms with Gasteiger partial charge < -0.3 is 10.2 Å². The number of nitrogens with one attached hydrogen (secondary N) is 2. The number of aryl methyl sites for hydroxylation is 1. The molecule has 0 atom stereocenters. The van der Waals surface area contributed by atoms with E-state index >= 15 is 0 Å². The van der Waals surface area contributed by atoms with E-state index in [1.54, 1.807) is 24.5 Å². The molecule has 34 heavy (non-hydrogen) atoms. The van der Waals surface area contributed by atoms with Gasteiger partial charge in [-0.2, -0.15) is 5.10 Å². The highest BCUT2D eigenvalue weighted by atomic mass is 16.1. The summed E-state index contributed by atoms with van der Waals surface area (Å²) in [6.45, 7) is 1.97. The van der Waals surface area contributed by atoms with Crippen molar-refractivity contribution >= 4 is 39.3 Å². The lowest BCUT2D eigenvalue weighted by atomic mass is 10.0. The number of pyridine rings is 1. The SMILES string of the molecule is Cc1ccc(C(=O)Nc2ccc3c(N(C)C)ncnc3c2)cc1C#Cc1cnc2[nH]ncc2c1. The minimum Gasteiger partial charge on any atom is -0.362 e. The maximum atomic E-state index is 13.0. The van der Waals surface area contributed by atoms with Gasteiger partial charge in [-0.3, -0.25) is 9.89 Å². The van der Waals surface area contributed by atoms with Gasteiger partial charge in [0, 0.05) is 53.4 Å². The summed E-state index contributed by atoms with van der Waals surface area (Å²) >= 11 is 0. The highest BCUT2D eigenvalue weighted by Crippen LogP contribution is 2.24. The van der Waals surface area contributed by atoms with Crippen molar-refractivity contribution < 1.29 is 4.79 Å². The Hall–Kier alpha value is -4.77. The molecular weight excluding hydrogens is 426 g/mol. The van der Waals surface area contributed by atoms with E-state index in [0.29, 0.717) is 11.3 Å². The van der Waals surface area contributed by atoms with E-state index in [4.69, 9.17) is 0 Å². The number of carbonyl (C=O) groups is 1. The smallest absolute Gasteiger partial charge is 0.255 e. The van der Waals surface area contributed by atoms with Crippen LogP contribution in [-0.2, 0) is 0 Å². The molecule has 2 N–H and O–H groups in total. The van der Waals surface area contributed by atoms with Gasteiger partial charge in [0.1, 0.15) is 12.1 Å². The average Bonchev–Trinajstić information content (AvgIpc) is 3.31. The van der Waals surface area contributed by atoms with Crippen molar-refractivity contribution in [1.29, 1.82) is 0 Å². The molecular formula is C26H21N7O. The van der Waals surface area contributed by atoms with Crippen LogP contribution in [0.3, 0.4) is 0 Å². The summed E-state index contributed by atoms with van der Waals surface area (Å²) in [5, 5.41) is 11.6. The van der Waals surface area contributed by atoms with Gasteiger partial charge in [-0.25, -0.2) is 15.0 Å².